The number of amides is 1. The van der Waals surface area contributed by atoms with E-state index in [1.165, 1.54) is 32.1 Å². The minimum absolute atomic E-state index is 0.0177. The number of methoxy groups -OCH3 is 1. The molecule has 28 heavy (non-hydrogen) atoms. The van der Waals surface area contributed by atoms with E-state index in [4.69, 9.17) is 10.5 Å². The fourth-order valence-corrected chi connectivity index (χ4v) is 4.87. The van der Waals surface area contributed by atoms with E-state index in [0.29, 0.717) is 0 Å². The zero-order chi connectivity index (χ0) is 20.3. The second-order valence-electron chi connectivity index (χ2n) is 7.80. The number of rotatable bonds is 9. The lowest BCUT2D eigenvalue weighted by atomic mass is 9.99. The van der Waals surface area contributed by atoms with Crippen LogP contribution in [0.5, 0.6) is 5.75 Å². The molecule has 1 heterocycles. The molecule has 0 radical (unpaired) electrons. The number of sulfone groups is 1. The summed E-state index contributed by atoms with van der Waals surface area (Å²) in [5, 5.41) is 6.61. The van der Waals surface area contributed by atoms with Crippen LogP contribution in [0.15, 0.2) is 17.0 Å². The lowest BCUT2D eigenvalue weighted by molar-refractivity contribution is 0.0922. The topological polar surface area (TPSA) is 111 Å². The molecule has 1 saturated carbocycles. The molecule has 0 aromatic heterocycles. The van der Waals surface area contributed by atoms with Gasteiger partial charge in [-0.3, -0.25) is 4.79 Å². The molecule has 7 nitrogen and oxygen atoms in total. The standard InChI is InChI=1S/C20H31N3O4S/c1-3-28(25,26)19-11-14(18(27-2)12-15(19)21)20(24)23-17(9-8-13-6-7-13)16-5-4-10-22-16/h11-13,16-17,22H,3-10,21H2,1-2H3,(H,23,24). The Balaban J connectivity index is 1.84. The predicted octanol–water partition coefficient (Wildman–Crippen LogP) is 2.11. The number of nitrogens with one attached hydrogen (secondary N) is 2. The average Bonchev–Trinajstić information content (AvgIpc) is 3.35. The Hall–Kier alpha value is -1.80. The van der Waals surface area contributed by atoms with Gasteiger partial charge in [0.1, 0.15) is 5.75 Å². The van der Waals surface area contributed by atoms with Crippen LogP contribution in [0.4, 0.5) is 5.69 Å². The van der Waals surface area contributed by atoms with Crippen molar-refractivity contribution in [2.45, 2.75) is 62.4 Å². The summed E-state index contributed by atoms with van der Waals surface area (Å²) in [6.07, 6.45) is 6.73. The van der Waals surface area contributed by atoms with Gasteiger partial charge in [-0.05, 0) is 44.2 Å². The van der Waals surface area contributed by atoms with E-state index >= 15 is 0 Å². The molecule has 156 valence electrons. The number of carbonyl (C=O) groups is 1. The van der Waals surface area contributed by atoms with Crippen molar-refractivity contribution in [3.63, 3.8) is 0 Å². The van der Waals surface area contributed by atoms with Gasteiger partial charge in [0.2, 0.25) is 0 Å². The van der Waals surface area contributed by atoms with E-state index in [-0.39, 0.29) is 45.6 Å². The van der Waals surface area contributed by atoms with Crippen molar-refractivity contribution in [3.05, 3.63) is 17.7 Å². The molecule has 1 aromatic carbocycles. The molecule has 2 aliphatic rings. The highest BCUT2D eigenvalue weighted by molar-refractivity contribution is 7.91. The van der Waals surface area contributed by atoms with Gasteiger partial charge in [-0.1, -0.05) is 19.8 Å². The summed E-state index contributed by atoms with van der Waals surface area (Å²) in [4.78, 5) is 13.1. The van der Waals surface area contributed by atoms with E-state index in [1.54, 1.807) is 6.92 Å². The van der Waals surface area contributed by atoms with E-state index in [1.807, 2.05) is 0 Å². The molecule has 2 atom stereocenters. The van der Waals surface area contributed by atoms with Gasteiger partial charge in [-0.25, -0.2) is 8.42 Å². The van der Waals surface area contributed by atoms with Crippen molar-refractivity contribution in [1.82, 2.24) is 10.6 Å². The van der Waals surface area contributed by atoms with Crippen LogP contribution in [-0.4, -0.2) is 45.8 Å². The number of nitrogen functional groups attached to an aromatic ring is 1. The summed E-state index contributed by atoms with van der Waals surface area (Å²) in [6, 6.07) is 3.04. The van der Waals surface area contributed by atoms with Crippen molar-refractivity contribution >= 4 is 21.4 Å². The van der Waals surface area contributed by atoms with Gasteiger partial charge in [-0.2, -0.15) is 0 Å². The van der Waals surface area contributed by atoms with Crippen molar-refractivity contribution in [2.75, 3.05) is 25.1 Å². The second kappa shape index (κ2) is 8.69. The molecule has 1 amide bonds. The lowest BCUT2D eigenvalue weighted by Crippen LogP contribution is -2.47. The molecule has 1 aliphatic carbocycles. The Morgan fingerprint density at radius 3 is 2.68 bits per heavy atom. The summed E-state index contributed by atoms with van der Waals surface area (Å²) in [7, 11) is -2.09. The van der Waals surface area contributed by atoms with Gasteiger partial charge in [0.25, 0.3) is 5.91 Å². The number of carbonyl (C=O) groups excluding carboxylic acids is 1. The number of ether oxygens (including phenoxy) is 1. The first-order valence-electron chi connectivity index (χ1n) is 10.1. The number of hydrogen-bond donors (Lipinski definition) is 3. The van der Waals surface area contributed by atoms with Gasteiger partial charge in [0, 0.05) is 18.2 Å². The second-order valence-corrected chi connectivity index (χ2v) is 10.0. The third-order valence-corrected chi connectivity index (χ3v) is 7.56. The molecule has 0 bridgehead atoms. The highest BCUT2D eigenvalue weighted by Gasteiger charge is 2.30. The minimum atomic E-state index is -3.54. The van der Waals surface area contributed by atoms with Crippen LogP contribution in [0, 0.1) is 5.92 Å². The Kier molecular flexibility index (Phi) is 6.50. The van der Waals surface area contributed by atoms with Gasteiger partial charge in [-0.15, -0.1) is 0 Å². The summed E-state index contributed by atoms with van der Waals surface area (Å²) < 4.78 is 30.0. The Morgan fingerprint density at radius 1 is 1.36 bits per heavy atom. The monoisotopic (exact) mass is 409 g/mol. The van der Waals surface area contributed by atoms with Gasteiger partial charge >= 0.3 is 0 Å². The van der Waals surface area contributed by atoms with Gasteiger partial charge < -0.3 is 21.1 Å². The maximum Gasteiger partial charge on any atom is 0.255 e. The Morgan fingerprint density at radius 2 is 2.11 bits per heavy atom. The van der Waals surface area contributed by atoms with Crippen LogP contribution in [0.2, 0.25) is 0 Å². The largest absolute Gasteiger partial charge is 0.496 e. The number of benzene rings is 1. The molecule has 1 aromatic rings. The summed E-state index contributed by atoms with van der Waals surface area (Å²) in [6.45, 7) is 2.52. The number of hydrogen-bond acceptors (Lipinski definition) is 6. The summed E-state index contributed by atoms with van der Waals surface area (Å²) in [5.74, 6) is 0.665. The van der Waals surface area contributed by atoms with E-state index in [9.17, 15) is 13.2 Å². The van der Waals surface area contributed by atoms with E-state index in [2.05, 4.69) is 10.6 Å². The first-order chi connectivity index (χ1) is 13.4. The molecule has 1 aliphatic heterocycles. The Labute approximate surface area is 167 Å². The molecule has 1 saturated heterocycles. The smallest absolute Gasteiger partial charge is 0.255 e. The van der Waals surface area contributed by atoms with E-state index in [0.717, 1.165) is 38.1 Å². The zero-order valence-corrected chi connectivity index (χ0v) is 17.5. The quantitative estimate of drug-likeness (QED) is 0.539. The summed E-state index contributed by atoms with van der Waals surface area (Å²) in [5.41, 5.74) is 6.22. The minimum Gasteiger partial charge on any atom is -0.496 e. The van der Waals surface area contributed by atoms with Crippen LogP contribution in [0.1, 0.15) is 55.8 Å². The van der Waals surface area contributed by atoms with Crippen LogP contribution >= 0.6 is 0 Å². The third kappa shape index (κ3) is 4.78. The first-order valence-corrected chi connectivity index (χ1v) is 11.8. The first kappa shape index (κ1) is 20.9. The van der Waals surface area contributed by atoms with Crippen molar-refractivity contribution in [3.8, 4) is 5.75 Å². The lowest BCUT2D eigenvalue weighted by Gasteiger charge is -2.26. The summed E-state index contributed by atoms with van der Waals surface area (Å²) >= 11 is 0. The highest BCUT2D eigenvalue weighted by Crippen LogP contribution is 2.35. The maximum absolute atomic E-state index is 13.1. The maximum atomic E-state index is 13.1. The normalized spacial score (nSPS) is 20.7. The number of nitrogens with two attached hydrogens (primary N) is 1. The molecular weight excluding hydrogens is 378 g/mol. The third-order valence-electron chi connectivity index (χ3n) is 5.78. The molecule has 2 fully saturated rings. The molecule has 0 spiro atoms. The van der Waals surface area contributed by atoms with Crippen molar-refractivity contribution < 1.29 is 17.9 Å². The average molecular weight is 410 g/mol. The molecule has 4 N–H and O–H groups in total. The van der Waals surface area contributed by atoms with Crippen molar-refractivity contribution in [1.29, 1.82) is 0 Å². The van der Waals surface area contributed by atoms with Crippen LogP contribution in [0.25, 0.3) is 0 Å². The molecular formula is C20H31N3O4S. The van der Waals surface area contributed by atoms with E-state index < -0.39 is 9.84 Å². The Bertz CT molecular complexity index is 815. The van der Waals surface area contributed by atoms with Crippen molar-refractivity contribution in [2.24, 2.45) is 5.92 Å². The predicted molar refractivity (Wildman–Crippen MR) is 109 cm³/mol. The molecule has 8 heteroatoms. The highest BCUT2D eigenvalue weighted by atomic mass is 32.2. The van der Waals surface area contributed by atoms with Crippen LogP contribution in [-0.2, 0) is 9.84 Å². The molecule has 2 unspecified atom stereocenters. The number of anilines is 1. The van der Waals surface area contributed by atoms with Crippen LogP contribution in [0.3, 0.4) is 0 Å². The fourth-order valence-electron chi connectivity index (χ4n) is 3.84. The fraction of sp³-hybridized carbons (Fsp3) is 0.650. The van der Waals surface area contributed by atoms with Gasteiger partial charge in [0.05, 0.1) is 29.0 Å². The molecule has 3 rings (SSSR count). The SMILES string of the molecule is CCS(=O)(=O)c1cc(C(=O)NC(CCC2CC2)C2CCCN2)c(OC)cc1N. The zero-order valence-electron chi connectivity index (χ0n) is 16.7. The van der Waals surface area contributed by atoms with Gasteiger partial charge in [0.15, 0.2) is 9.84 Å². The van der Waals surface area contributed by atoms with Crippen LogP contribution < -0.4 is 21.1 Å².